The Morgan fingerprint density at radius 3 is 2.75 bits per heavy atom. The molecule has 0 spiro atoms. The Hall–Kier alpha value is -0.930. The summed E-state index contributed by atoms with van der Waals surface area (Å²) in [5.41, 5.74) is 0.961. The highest BCUT2D eigenvalue weighted by molar-refractivity contribution is 5.19. The van der Waals surface area contributed by atoms with E-state index in [0.29, 0.717) is 6.61 Å². The first kappa shape index (κ1) is 13.1. The Morgan fingerprint density at radius 2 is 2.12 bits per heavy atom. The van der Waals surface area contributed by atoms with Crippen LogP contribution in [0.3, 0.4) is 0 Å². The van der Waals surface area contributed by atoms with Gasteiger partial charge in [0.15, 0.2) is 0 Å². The van der Waals surface area contributed by atoms with Crippen molar-refractivity contribution in [3.63, 3.8) is 0 Å². The number of nitrogens with one attached hydrogen (secondary N) is 1. The van der Waals surface area contributed by atoms with Gasteiger partial charge in [0.2, 0.25) is 0 Å². The van der Waals surface area contributed by atoms with Crippen LogP contribution in [0.2, 0.25) is 0 Å². The van der Waals surface area contributed by atoms with Gasteiger partial charge in [-0.3, -0.25) is 0 Å². The summed E-state index contributed by atoms with van der Waals surface area (Å²) in [5.74, 6) is -0.191. The number of hydrogen-bond acceptors (Lipinski definition) is 2. The first-order valence-electron chi connectivity index (χ1n) is 5.72. The molecule has 0 fully saturated rings. The van der Waals surface area contributed by atoms with E-state index < -0.39 is 0 Å². The van der Waals surface area contributed by atoms with Crippen LogP contribution in [0.25, 0.3) is 0 Å². The van der Waals surface area contributed by atoms with Gasteiger partial charge in [0.25, 0.3) is 0 Å². The Balaban J connectivity index is 2.48. The third-order valence-corrected chi connectivity index (χ3v) is 2.46. The van der Waals surface area contributed by atoms with Crippen molar-refractivity contribution in [2.24, 2.45) is 0 Å². The van der Waals surface area contributed by atoms with Gasteiger partial charge >= 0.3 is 0 Å². The minimum atomic E-state index is -0.191. The highest BCUT2D eigenvalue weighted by Crippen LogP contribution is 2.13. The van der Waals surface area contributed by atoms with E-state index in [1.165, 1.54) is 6.07 Å². The maximum Gasteiger partial charge on any atom is 0.123 e. The molecule has 1 rings (SSSR count). The largest absolute Gasteiger partial charge is 0.380 e. The first-order valence-corrected chi connectivity index (χ1v) is 5.72. The van der Waals surface area contributed by atoms with Gasteiger partial charge in [-0.25, -0.2) is 4.39 Å². The molecule has 0 radical (unpaired) electrons. The maximum absolute atomic E-state index is 13.0. The van der Waals surface area contributed by atoms with Crippen LogP contribution in [-0.2, 0) is 4.74 Å². The van der Waals surface area contributed by atoms with Crippen molar-refractivity contribution in [3.8, 4) is 0 Å². The van der Waals surface area contributed by atoms with Gasteiger partial charge in [0, 0.05) is 18.7 Å². The molecule has 0 saturated carbocycles. The summed E-state index contributed by atoms with van der Waals surface area (Å²) in [4.78, 5) is 0. The normalized spacial score (nSPS) is 14.8. The van der Waals surface area contributed by atoms with Gasteiger partial charge in [0.05, 0.1) is 6.61 Å². The van der Waals surface area contributed by atoms with Gasteiger partial charge in [-0.2, -0.15) is 0 Å². The zero-order valence-electron chi connectivity index (χ0n) is 10.2. The van der Waals surface area contributed by atoms with Crippen molar-refractivity contribution in [2.45, 2.75) is 32.9 Å². The van der Waals surface area contributed by atoms with Crippen LogP contribution in [0, 0.1) is 5.82 Å². The van der Waals surface area contributed by atoms with E-state index in [4.69, 9.17) is 4.74 Å². The molecule has 0 aliphatic carbocycles. The molecule has 3 heteroatoms. The number of rotatable bonds is 6. The van der Waals surface area contributed by atoms with E-state index in [1.54, 1.807) is 12.1 Å². The van der Waals surface area contributed by atoms with Crippen LogP contribution in [0.15, 0.2) is 24.3 Å². The zero-order valence-corrected chi connectivity index (χ0v) is 10.2. The summed E-state index contributed by atoms with van der Waals surface area (Å²) in [6.07, 6.45) is 0. The Kier molecular flexibility index (Phi) is 5.43. The molecule has 0 aromatic heterocycles. The molecule has 1 unspecified atom stereocenters. The molecule has 0 bridgehead atoms. The highest BCUT2D eigenvalue weighted by Gasteiger charge is 2.09. The Labute approximate surface area is 96.8 Å². The van der Waals surface area contributed by atoms with Crippen LogP contribution in [-0.4, -0.2) is 19.3 Å². The average Bonchev–Trinajstić information content (AvgIpc) is 2.26. The molecule has 2 atom stereocenters. The van der Waals surface area contributed by atoms with Crippen molar-refractivity contribution in [1.82, 2.24) is 5.32 Å². The number of halogens is 1. The molecule has 1 aromatic rings. The van der Waals surface area contributed by atoms with Gasteiger partial charge in [0.1, 0.15) is 5.82 Å². The lowest BCUT2D eigenvalue weighted by Gasteiger charge is -2.20. The highest BCUT2D eigenvalue weighted by atomic mass is 19.1. The van der Waals surface area contributed by atoms with Gasteiger partial charge in [-0.1, -0.05) is 12.1 Å². The third-order valence-electron chi connectivity index (χ3n) is 2.46. The zero-order chi connectivity index (χ0) is 12.0. The monoisotopic (exact) mass is 225 g/mol. The predicted molar refractivity (Wildman–Crippen MR) is 63.9 cm³/mol. The fraction of sp³-hybridized carbons (Fsp3) is 0.538. The minimum absolute atomic E-state index is 0.131. The summed E-state index contributed by atoms with van der Waals surface area (Å²) >= 11 is 0. The molecule has 0 aliphatic heterocycles. The Bertz CT molecular complexity index is 317. The van der Waals surface area contributed by atoms with Crippen LogP contribution in [0.5, 0.6) is 0 Å². The second-order valence-electron chi connectivity index (χ2n) is 4.00. The molecular weight excluding hydrogens is 205 g/mol. The van der Waals surface area contributed by atoms with Crippen LogP contribution < -0.4 is 5.32 Å². The molecule has 90 valence electrons. The third kappa shape index (κ3) is 4.29. The molecule has 0 aliphatic rings. The molecule has 0 heterocycles. The van der Waals surface area contributed by atoms with E-state index in [-0.39, 0.29) is 17.9 Å². The van der Waals surface area contributed by atoms with E-state index in [0.717, 1.165) is 12.2 Å². The topological polar surface area (TPSA) is 21.3 Å². The average molecular weight is 225 g/mol. The molecule has 1 aromatic carbocycles. The summed E-state index contributed by atoms with van der Waals surface area (Å²) in [6.45, 7) is 7.46. The van der Waals surface area contributed by atoms with Crippen LogP contribution >= 0.6 is 0 Å². The van der Waals surface area contributed by atoms with Crippen molar-refractivity contribution in [3.05, 3.63) is 35.6 Å². The summed E-state index contributed by atoms with van der Waals surface area (Å²) in [6, 6.07) is 7.07. The fourth-order valence-corrected chi connectivity index (χ4v) is 1.64. The van der Waals surface area contributed by atoms with Crippen molar-refractivity contribution < 1.29 is 9.13 Å². The van der Waals surface area contributed by atoms with Crippen LogP contribution in [0.1, 0.15) is 32.4 Å². The molecule has 1 N–H and O–H groups in total. The second kappa shape index (κ2) is 6.61. The van der Waals surface area contributed by atoms with E-state index in [9.17, 15) is 4.39 Å². The molecule has 2 nitrogen and oxygen atoms in total. The minimum Gasteiger partial charge on any atom is -0.380 e. The lowest BCUT2D eigenvalue weighted by Crippen LogP contribution is -2.32. The summed E-state index contributed by atoms with van der Waals surface area (Å²) < 4.78 is 18.3. The summed E-state index contributed by atoms with van der Waals surface area (Å²) in [5, 5.41) is 3.37. The smallest absolute Gasteiger partial charge is 0.123 e. The molecular formula is C13H20FNO. The lowest BCUT2D eigenvalue weighted by molar-refractivity contribution is 0.124. The fourth-order valence-electron chi connectivity index (χ4n) is 1.64. The standard InChI is InChI=1S/C13H20FNO/c1-4-16-9-10(2)15-11(3)12-6-5-7-13(14)8-12/h5-8,10-11,15H,4,9H2,1-3H3/t10?,11-/m0/s1. The molecule has 0 saturated heterocycles. The molecule has 0 amide bonds. The van der Waals surface area contributed by atoms with Crippen molar-refractivity contribution in [1.29, 1.82) is 0 Å². The van der Waals surface area contributed by atoms with E-state index in [2.05, 4.69) is 12.2 Å². The van der Waals surface area contributed by atoms with E-state index >= 15 is 0 Å². The predicted octanol–water partition coefficient (Wildman–Crippen LogP) is 2.90. The number of benzene rings is 1. The van der Waals surface area contributed by atoms with Gasteiger partial charge in [-0.15, -0.1) is 0 Å². The SMILES string of the molecule is CCOCC(C)N[C@@H](C)c1cccc(F)c1. The van der Waals surface area contributed by atoms with Crippen molar-refractivity contribution >= 4 is 0 Å². The Morgan fingerprint density at radius 1 is 1.38 bits per heavy atom. The van der Waals surface area contributed by atoms with Crippen LogP contribution in [0.4, 0.5) is 4.39 Å². The van der Waals surface area contributed by atoms with Gasteiger partial charge in [-0.05, 0) is 38.5 Å². The quantitative estimate of drug-likeness (QED) is 0.803. The van der Waals surface area contributed by atoms with E-state index in [1.807, 2.05) is 19.9 Å². The van der Waals surface area contributed by atoms with Gasteiger partial charge < -0.3 is 10.1 Å². The summed E-state index contributed by atoms with van der Waals surface area (Å²) in [7, 11) is 0. The molecule has 16 heavy (non-hydrogen) atoms. The van der Waals surface area contributed by atoms with Crippen molar-refractivity contribution in [2.75, 3.05) is 13.2 Å². The lowest BCUT2D eigenvalue weighted by atomic mass is 10.1. The maximum atomic E-state index is 13.0. The first-order chi connectivity index (χ1) is 7.63. The second-order valence-corrected chi connectivity index (χ2v) is 4.00. The number of hydrogen-bond donors (Lipinski definition) is 1. The number of ether oxygens (including phenoxy) is 1.